The van der Waals surface area contributed by atoms with Gasteiger partial charge in [0.05, 0.1) is 6.54 Å². The number of nitrogens with one attached hydrogen (secondary N) is 2. The van der Waals surface area contributed by atoms with E-state index < -0.39 is 11.9 Å². The summed E-state index contributed by atoms with van der Waals surface area (Å²) >= 11 is 2.80. The summed E-state index contributed by atoms with van der Waals surface area (Å²) < 4.78 is 38.0. The Bertz CT molecular complexity index is 806. The van der Waals surface area contributed by atoms with E-state index in [1.54, 1.807) is 0 Å². The van der Waals surface area contributed by atoms with Crippen molar-refractivity contribution < 1.29 is 13.2 Å². The van der Waals surface area contributed by atoms with Crippen molar-refractivity contribution in [2.75, 3.05) is 19.6 Å². The van der Waals surface area contributed by atoms with Crippen molar-refractivity contribution in [3.05, 3.63) is 38.0 Å². The molecule has 162 valence electrons. The average Bonchev–Trinajstić information content (AvgIpc) is 3.31. The Kier molecular flexibility index (Phi) is 9.16. The van der Waals surface area contributed by atoms with E-state index in [2.05, 4.69) is 43.9 Å². The second-order valence-electron chi connectivity index (χ2n) is 6.64. The molecule has 0 fully saturated rings. The highest BCUT2D eigenvalue weighted by molar-refractivity contribution is 14.0. The van der Waals surface area contributed by atoms with Gasteiger partial charge in [0.1, 0.15) is 5.01 Å². The Morgan fingerprint density at radius 1 is 1.34 bits per heavy atom. The fourth-order valence-electron chi connectivity index (χ4n) is 3.02. The number of hydrogen-bond donors (Lipinski definition) is 2. The van der Waals surface area contributed by atoms with Crippen molar-refractivity contribution in [1.29, 1.82) is 0 Å². The van der Waals surface area contributed by atoms with Crippen LogP contribution >= 0.6 is 46.7 Å². The number of guanidine groups is 1. The summed E-state index contributed by atoms with van der Waals surface area (Å²) in [6.07, 6.45) is -3.33. The number of hydrogen-bond acceptors (Lipinski definition) is 5. The zero-order valence-corrected chi connectivity index (χ0v) is 20.2. The number of alkyl halides is 3. The zero-order valence-electron chi connectivity index (χ0n) is 16.3. The van der Waals surface area contributed by atoms with Gasteiger partial charge < -0.3 is 10.6 Å². The number of thiazole rings is 1. The molecule has 0 saturated heterocycles. The van der Waals surface area contributed by atoms with Crippen molar-refractivity contribution in [3.8, 4) is 0 Å². The van der Waals surface area contributed by atoms with Gasteiger partial charge in [-0.2, -0.15) is 13.2 Å². The van der Waals surface area contributed by atoms with Crippen molar-refractivity contribution in [2.24, 2.45) is 4.99 Å². The molecule has 5 nitrogen and oxygen atoms in total. The molecule has 0 bridgehead atoms. The van der Waals surface area contributed by atoms with Gasteiger partial charge in [-0.1, -0.05) is 0 Å². The standard InChI is InChI=1S/C18H24F3N5S2.HI/c1-3-22-17(24-9-16-25-15(11-28-16)18(19,20)21)23-8-12(2)26-6-4-14-13(10-26)5-7-27-14;/h5,7,11-12H,3-4,6,8-10H2,1-2H3,(H2,22,23,24);1H. The molecule has 2 aromatic heterocycles. The number of fused-ring (bicyclic) bond motifs is 1. The predicted molar refractivity (Wildman–Crippen MR) is 123 cm³/mol. The largest absolute Gasteiger partial charge is 0.434 e. The smallest absolute Gasteiger partial charge is 0.357 e. The third kappa shape index (κ3) is 6.79. The summed E-state index contributed by atoms with van der Waals surface area (Å²) in [6.45, 7) is 7.61. The number of aliphatic imine (C=N–C) groups is 1. The molecule has 2 N–H and O–H groups in total. The van der Waals surface area contributed by atoms with E-state index in [4.69, 9.17) is 0 Å². The van der Waals surface area contributed by atoms with E-state index in [1.165, 1.54) is 10.4 Å². The number of rotatable bonds is 6. The van der Waals surface area contributed by atoms with Crippen molar-refractivity contribution >= 4 is 52.6 Å². The first-order chi connectivity index (χ1) is 13.4. The van der Waals surface area contributed by atoms with Crippen LogP contribution in [0.2, 0.25) is 0 Å². The van der Waals surface area contributed by atoms with Crippen LogP contribution in [0.4, 0.5) is 13.2 Å². The van der Waals surface area contributed by atoms with Crippen LogP contribution in [0.1, 0.15) is 35.0 Å². The molecule has 1 aliphatic rings. The van der Waals surface area contributed by atoms with E-state index in [-0.39, 0.29) is 30.5 Å². The average molecular weight is 559 g/mol. The molecule has 3 rings (SSSR count). The van der Waals surface area contributed by atoms with E-state index >= 15 is 0 Å². The monoisotopic (exact) mass is 559 g/mol. The highest BCUT2D eigenvalue weighted by Gasteiger charge is 2.33. The molecular formula is C18H25F3IN5S2. The predicted octanol–water partition coefficient (Wildman–Crippen LogP) is 4.34. The zero-order chi connectivity index (χ0) is 20.1. The summed E-state index contributed by atoms with van der Waals surface area (Å²) in [4.78, 5) is 11.9. The van der Waals surface area contributed by atoms with E-state index in [1.807, 2.05) is 18.3 Å². The van der Waals surface area contributed by atoms with Crippen molar-refractivity contribution in [2.45, 2.75) is 45.6 Å². The van der Waals surface area contributed by atoms with Crippen molar-refractivity contribution in [1.82, 2.24) is 20.5 Å². The fourth-order valence-corrected chi connectivity index (χ4v) is 4.64. The maximum absolute atomic E-state index is 12.7. The van der Waals surface area contributed by atoms with Gasteiger partial charge in [0, 0.05) is 42.5 Å². The Labute approximate surface area is 193 Å². The van der Waals surface area contributed by atoms with Gasteiger partial charge in [-0.3, -0.25) is 4.90 Å². The molecular weight excluding hydrogens is 534 g/mol. The summed E-state index contributed by atoms with van der Waals surface area (Å²) in [7, 11) is 0. The third-order valence-electron chi connectivity index (χ3n) is 4.58. The van der Waals surface area contributed by atoms with Gasteiger partial charge in [-0.15, -0.1) is 46.7 Å². The van der Waals surface area contributed by atoms with E-state index in [9.17, 15) is 13.2 Å². The molecule has 0 saturated carbocycles. The molecule has 1 atom stereocenters. The molecule has 29 heavy (non-hydrogen) atoms. The fraction of sp³-hybridized carbons (Fsp3) is 0.556. The lowest BCUT2D eigenvalue weighted by atomic mass is 10.1. The van der Waals surface area contributed by atoms with Crippen LogP contribution in [0.25, 0.3) is 0 Å². The third-order valence-corrected chi connectivity index (χ3v) is 6.44. The van der Waals surface area contributed by atoms with Gasteiger partial charge in [0.15, 0.2) is 11.7 Å². The first-order valence-electron chi connectivity index (χ1n) is 9.20. The summed E-state index contributed by atoms with van der Waals surface area (Å²) in [5, 5.41) is 9.96. The first kappa shape index (κ1) is 24.4. The summed E-state index contributed by atoms with van der Waals surface area (Å²) in [6, 6.07) is 2.51. The lowest BCUT2D eigenvalue weighted by molar-refractivity contribution is -0.140. The summed E-state index contributed by atoms with van der Waals surface area (Å²) in [5.74, 6) is 0.589. The van der Waals surface area contributed by atoms with Crippen LogP contribution in [0.5, 0.6) is 0 Å². The minimum absolute atomic E-state index is 0. The number of halogens is 4. The molecule has 11 heteroatoms. The molecule has 0 radical (unpaired) electrons. The number of nitrogens with zero attached hydrogens (tertiary/aromatic N) is 3. The van der Waals surface area contributed by atoms with Gasteiger partial charge in [0.25, 0.3) is 0 Å². The molecule has 0 amide bonds. The summed E-state index contributed by atoms with van der Waals surface area (Å²) in [5.41, 5.74) is 0.556. The SMILES string of the molecule is CCNC(=NCc1nc(C(F)(F)F)cs1)NCC(C)N1CCc2sccc2C1.I. The molecule has 1 aliphatic heterocycles. The normalized spacial score (nSPS) is 16.1. The van der Waals surface area contributed by atoms with Gasteiger partial charge in [-0.05, 0) is 37.3 Å². The molecule has 0 aliphatic carbocycles. The molecule has 1 unspecified atom stereocenters. The number of thiophene rings is 1. The Balaban J connectivity index is 0.00000300. The topological polar surface area (TPSA) is 52.6 Å². The van der Waals surface area contributed by atoms with E-state index in [0.717, 1.165) is 36.2 Å². The minimum atomic E-state index is -4.41. The minimum Gasteiger partial charge on any atom is -0.357 e. The Hall–Kier alpha value is -0.920. The highest BCUT2D eigenvalue weighted by Crippen LogP contribution is 2.30. The number of aromatic nitrogens is 1. The van der Waals surface area contributed by atoms with Gasteiger partial charge in [0.2, 0.25) is 0 Å². The van der Waals surface area contributed by atoms with Crippen molar-refractivity contribution in [3.63, 3.8) is 0 Å². The Morgan fingerprint density at radius 3 is 2.83 bits per heavy atom. The quantitative estimate of drug-likeness (QED) is 0.314. The molecule has 3 heterocycles. The van der Waals surface area contributed by atoms with Gasteiger partial charge in [-0.25, -0.2) is 9.98 Å². The van der Waals surface area contributed by atoms with Gasteiger partial charge >= 0.3 is 6.18 Å². The lowest BCUT2D eigenvalue weighted by Gasteiger charge is -2.32. The van der Waals surface area contributed by atoms with Crippen LogP contribution in [0.15, 0.2) is 21.8 Å². The van der Waals surface area contributed by atoms with Crippen LogP contribution in [-0.2, 0) is 25.7 Å². The maximum atomic E-state index is 12.7. The molecule has 2 aromatic rings. The maximum Gasteiger partial charge on any atom is 0.434 e. The first-order valence-corrected chi connectivity index (χ1v) is 11.0. The Morgan fingerprint density at radius 2 is 2.14 bits per heavy atom. The lowest BCUT2D eigenvalue weighted by Crippen LogP contribution is -2.47. The van der Waals surface area contributed by atoms with Crippen LogP contribution in [-0.4, -0.2) is 41.5 Å². The van der Waals surface area contributed by atoms with Crippen LogP contribution < -0.4 is 10.6 Å². The van der Waals surface area contributed by atoms with Crippen LogP contribution in [0, 0.1) is 0 Å². The molecule has 0 aromatic carbocycles. The molecule has 0 spiro atoms. The van der Waals surface area contributed by atoms with E-state index in [0.29, 0.717) is 30.1 Å². The second kappa shape index (κ2) is 10.9. The van der Waals surface area contributed by atoms with Crippen LogP contribution in [0.3, 0.4) is 0 Å². The highest BCUT2D eigenvalue weighted by atomic mass is 127. The second-order valence-corrected chi connectivity index (χ2v) is 8.58.